The maximum Gasteiger partial charge on any atom is 0.170 e. The Hall–Kier alpha value is 0.467. The smallest absolute Gasteiger partial charge is 0.170 e. The molecule has 0 amide bonds. The first kappa shape index (κ1) is 13.5. The van der Waals surface area contributed by atoms with Gasteiger partial charge >= 0.3 is 0 Å². The minimum atomic E-state index is -0.758. The lowest BCUT2D eigenvalue weighted by atomic mass is 10.1. The van der Waals surface area contributed by atoms with Crippen LogP contribution in [0.1, 0.15) is 38.5 Å². The van der Waals surface area contributed by atoms with Gasteiger partial charge in [-0.1, -0.05) is 25.7 Å². The zero-order chi connectivity index (χ0) is 9.94. The van der Waals surface area contributed by atoms with Gasteiger partial charge in [-0.25, -0.2) is 0 Å². The van der Waals surface area contributed by atoms with E-state index in [2.05, 4.69) is 13.1 Å². The lowest BCUT2D eigenvalue weighted by Crippen LogP contribution is -2.08. The SMILES string of the molecule is C[SiH](C)OCCCCCCCCCl. The van der Waals surface area contributed by atoms with E-state index in [-0.39, 0.29) is 0 Å². The van der Waals surface area contributed by atoms with Crippen LogP contribution in [-0.4, -0.2) is 21.5 Å². The van der Waals surface area contributed by atoms with Crippen LogP contribution in [0.2, 0.25) is 13.1 Å². The molecule has 1 nitrogen and oxygen atoms in total. The molecule has 0 N–H and O–H groups in total. The van der Waals surface area contributed by atoms with E-state index in [0.29, 0.717) is 0 Å². The Morgan fingerprint density at radius 1 is 0.923 bits per heavy atom. The predicted octanol–water partition coefficient (Wildman–Crippen LogP) is 3.57. The van der Waals surface area contributed by atoms with E-state index in [1.165, 1.54) is 38.5 Å². The molecule has 0 aromatic carbocycles. The summed E-state index contributed by atoms with van der Waals surface area (Å²) in [5, 5.41) is 0. The summed E-state index contributed by atoms with van der Waals surface area (Å²) in [7, 11) is -0.758. The summed E-state index contributed by atoms with van der Waals surface area (Å²) < 4.78 is 5.59. The summed E-state index contributed by atoms with van der Waals surface area (Å²) in [5.41, 5.74) is 0. The van der Waals surface area contributed by atoms with E-state index in [4.69, 9.17) is 16.0 Å². The van der Waals surface area contributed by atoms with Gasteiger partial charge in [0, 0.05) is 12.5 Å². The van der Waals surface area contributed by atoms with E-state index < -0.39 is 9.04 Å². The second-order valence-electron chi connectivity index (χ2n) is 3.73. The maximum atomic E-state index is 5.59. The van der Waals surface area contributed by atoms with Gasteiger partial charge < -0.3 is 4.43 Å². The summed E-state index contributed by atoms with van der Waals surface area (Å²) in [5.74, 6) is 0.821. The Morgan fingerprint density at radius 2 is 1.46 bits per heavy atom. The second kappa shape index (κ2) is 10.5. The van der Waals surface area contributed by atoms with Crippen molar-refractivity contribution in [3.8, 4) is 0 Å². The number of alkyl halides is 1. The second-order valence-corrected chi connectivity index (χ2v) is 6.54. The van der Waals surface area contributed by atoms with Crippen molar-refractivity contribution < 1.29 is 4.43 Å². The van der Waals surface area contributed by atoms with Crippen LogP contribution in [0.3, 0.4) is 0 Å². The lowest BCUT2D eigenvalue weighted by Gasteiger charge is -2.05. The molecule has 0 heterocycles. The topological polar surface area (TPSA) is 9.23 Å². The van der Waals surface area contributed by atoms with Crippen molar-refractivity contribution in [3.05, 3.63) is 0 Å². The van der Waals surface area contributed by atoms with Crippen molar-refractivity contribution in [3.63, 3.8) is 0 Å². The molecule has 0 radical (unpaired) electrons. The molecular formula is C10H23ClOSi. The lowest BCUT2D eigenvalue weighted by molar-refractivity contribution is 0.312. The number of hydrogen-bond donors (Lipinski definition) is 0. The van der Waals surface area contributed by atoms with Gasteiger partial charge in [0.05, 0.1) is 0 Å². The summed E-state index contributed by atoms with van der Waals surface area (Å²) >= 11 is 5.58. The van der Waals surface area contributed by atoms with E-state index in [9.17, 15) is 0 Å². The summed E-state index contributed by atoms with van der Waals surface area (Å²) in [6.07, 6.45) is 7.72. The van der Waals surface area contributed by atoms with Crippen LogP contribution in [-0.2, 0) is 4.43 Å². The molecule has 13 heavy (non-hydrogen) atoms. The Kier molecular flexibility index (Phi) is 10.9. The monoisotopic (exact) mass is 222 g/mol. The number of unbranched alkanes of at least 4 members (excludes halogenated alkanes) is 5. The first-order chi connectivity index (χ1) is 6.27. The predicted molar refractivity (Wildman–Crippen MR) is 63.3 cm³/mol. The van der Waals surface area contributed by atoms with Gasteiger partial charge in [0.1, 0.15) is 0 Å². The minimum absolute atomic E-state index is 0.758. The molecule has 0 spiro atoms. The molecule has 0 aliphatic rings. The zero-order valence-electron chi connectivity index (χ0n) is 9.02. The summed E-state index contributed by atoms with van der Waals surface area (Å²) in [6.45, 7) is 5.43. The Morgan fingerprint density at radius 3 is 2.00 bits per heavy atom. The normalized spacial score (nSPS) is 11.1. The average Bonchev–Trinajstić information content (AvgIpc) is 2.09. The molecule has 0 aliphatic heterocycles. The summed E-state index contributed by atoms with van der Waals surface area (Å²) in [6, 6.07) is 0. The van der Waals surface area contributed by atoms with Crippen LogP contribution in [0.4, 0.5) is 0 Å². The van der Waals surface area contributed by atoms with E-state index in [1.807, 2.05) is 0 Å². The van der Waals surface area contributed by atoms with Gasteiger partial charge in [-0.2, -0.15) is 0 Å². The van der Waals surface area contributed by atoms with Crippen LogP contribution in [0, 0.1) is 0 Å². The van der Waals surface area contributed by atoms with Gasteiger partial charge in [-0.15, -0.1) is 11.6 Å². The quantitative estimate of drug-likeness (QED) is 0.329. The first-order valence-electron chi connectivity index (χ1n) is 5.45. The molecule has 0 saturated carbocycles. The van der Waals surface area contributed by atoms with E-state index >= 15 is 0 Å². The Bertz CT molecular complexity index is 98.9. The Balaban J connectivity index is 2.84. The highest BCUT2D eigenvalue weighted by molar-refractivity contribution is 6.48. The molecule has 0 atom stereocenters. The molecule has 0 aromatic rings. The van der Waals surface area contributed by atoms with Crippen molar-refractivity contribution >= 4 is 20.6 Å². The van der Waals surface area contributed by atoms with E-state index in [0.717, 1.165) is 12.5 Å². The standard InChI is InChI=1S/C10H23ClOSi/c1-13(2)12-10-8-6-4-3-5-7-9-11/h13H,3-10H2,1-2H3. The highest BCUT2D eigenvalue weighted by Gasteiger charge is 1.95. The van der Waals surface area contributed by atoms with Crippen molar-refractivity contribution in [2.45, 2.75) is 51.6 Å². The molecule has 0 aliphatic carbocycles. The third-order valence-electron chi connectivity index (χ3n) is 1.98. The Labute approximate surface area is 89.5 Å². The van der Waals surface area contributed by atoms with Crippen LogP contribution >= 0.6 is 11.6 Å². The largest absolute Gasteiger partial charge is 0.421 e. The molecular weight excluding hydrogens is 200 g/mol. The van der Waals surface area contributed by atoms with Crippen molar-refractivity contribution in [2.24, 2.45) is 0 Å². The zero-order valence-corrected chi connectivity index (χ0v) is 10.9. The maximum absolute atomic E-state index is 5.59. The molecule has 3 heteroatoms. The molecule has 0 fully saturated rings. The van der Waals surface area contributed by atoms with Crippen molar-refractivity contribution in [2.75, 3.05) is 12.5 Å². The molecule has 0 unspecified atom stereocenters. The van der Waals surface area contributed by atoms with Gasteiger partial charge in [-0.3, -0.25) is 0 Å². The molecule has 80 valence electrons. The van der Waals surface area contributed by atoms with Gasteiger partial charge in [-0.05, 0) is 25.9 Å². The number of hydrogen-bond acceptors (Lipinski definition) is 1. The van der Waals surface area contributed by atoms with Crippen LogP contribution in [0.15, 0.2) is 0 Å². The van der Waals surface area contributed by atoms with Gasteiger partial charge in [0.25, 0.3) is 0 Å². The number of rotatable bonds is 9. The summed E-state index contributed by atoms with van der Waals surface area (Å²) in [4.78, 5) is 0. The van der Waals surface area contributed by atoms with Crippen molar-refractivity contribution in [1.29, 1.82) is 0 Å². The van der Waals surface area contributed by atoms with Crippen LogP contribution < -0.4 is 0 Å². The third kappa shape index (κ3) is 12.5. The first-order valence-corrected chi connectivity index (χ1v) is 8.76. The average molecular weight is 223 g/mol. The fourth-order valence-corrected chi connectivity index (χ4v) is 2.05. The van der Waals surface area contributed by atoms with E-state index in [1.54, 1.807) is 0 Å². The minimum Gasteiger partial charge on any atom is -0.421 e. The van der Waals surface area contributed by atoms with Crippen molar-refractivity contribution in [1.82, 2.24) is 0 Å². The third-order valence-corrected chi connectivity index (χ3v) is 3.15. The fourth-order valence-electron chi connectivity index (χ4n) is 1.22. The molecule has 0 rings (SSSR count). The van der Waals surface area contributed by atoms with Crippen LogP contribution in [0.25, 0.3) is 0 Å². The highest BCUT2D eigenvalue weighted by Crippen LogP contribution is 2.06. The van der Waals surface area contributed by atoms with Crippen LogP contribution in [0.5, 0.6) is 0 Å². The van der Waals surface area contributed by atoms with Gasteiger partial charge in [0.2, 0.25) is 0 Å². The highest BCUT2D eigenvalue weighted by atomic mass is 35.5. The van der Waals surface area contributed by atoms with Gasteiger partial charge in [0.15, 0.2) is 9.04 Å². The fraction of sp³-hybridized carbons (Fsp3) is 1.00. The molecule has 0 saturated heterocycles. The molecule has 0 bridgehead atoms. The number of halogens is 1. The molecule has 0 aromatic heterocycles.